The van der Waals surface area contributed by atoms with Gasteiger partial charge in [0.1, 0.15) is 0 Å². The first kappa shape index (κ1) is 13.5. The van der Waals surface area contributed by atoms with E-state index in [0.29, 0.717) is 13.2 Å². The lowest BCUT2D eigenvalue weighted by Crippen LogP contribution is -2.53. The number of aliphatic carboxylic acids is 1. The van der Waals surface area contributed by atoms with E-state index in [9.17, 15) is 4.79 Å². The largest absolute Gasteiger partial charge is 0.481 e. The molecule has 1 aliphatic heterocycles. The van der Waals surface area contributed by atoms with Crippen molar-refractivity contribution in [3.63, 3.8) is 0 Å². The molecule has 0 amide bonds. The van der Waals surface area contributed by atoms with Gasteiger partial charge in [0.05, 0.1) is 18.6 Å². The quantitative estimate of drug-likeness (QED) is 0.785. The van der Waals surface area contributed by atoms with Crippen molar-refractivity contribution in [3.05, 3.63) is 0 Å². The monoisotopic (exact) mass is 230 g/mol. The minimum atomic E-state index is -0.783. The van der Waals surface area contributed by atoms with Crippen molar-refractivity contribution in [3.8, 4) is 0 Å². The van der Waals surface area contributed by atoms with E-state index in [2.05, 4.69) is 0 Å². The highest BCUT2D eigenvalue weighted by Gasteiger charge is 2.48. The second-order valence-corrected chi connectivity index (χ2v) is 5.19. The van der Waals surface area contributed by atoms with Crippen LogP contribution in [0.15, 0.2) is 0 Å². The normalized spacial score (nSPS) is 26.7. The lowest BCUT2D eigenvalue weighted by atomic mass is 9.69. The van der Waals surface area contributed by atoms with Gasteiger partial charge in [-0.05, 0) is 19.3 Å². The minimum absolute atomic E-state index is 0.107. The van der Waals surface area contributed by atoms with Crippen LogP contribution in [0.1, 0.15) is 39.5 Å². The topological polar surface area (TPSA) is 55.8 Å². The fourth-order valence-corrected chi connectivity index (χ4v) is 2.47. The van der Waals surface area contributed by atoms with Crippen molar-refractivity contribution in [1.82, 2.24) is 0 Å². The predicted molar refractivity (Wildman–Crippen MR) is 60.4 cm³/mol. The first-order valence-electron chi connectivity index (χ1n) is 5.78. The van der Waals surface area contributed by atoms with E-state index in [1.807, 2.05) is 13.8 Å². The fourth-order valence-electron chi connectivity index (χ4n) is 2.47. The SMILES string of the molecule is COCC1(C(C)(C)CC(=O)O)CCCCO1. The zero-order chi connectivity index (χ0) is 12.2. The maximum Gasteiger partial charge on any atom is 0.303 e. The van der Waals surface area contributed by atoms with E-state index in [-0.39, 0.29) is 6.42 Å². The van der Waals surface area contributed by atoms with E-state index >= 15 is 0 Å². The number of carboxylic acids is 1. The standard InChI is InChI=1S/C12H22O4/c1-11(2,8-10(13)14)12(9-15-3)6-4-5-7-16-12/h4-9H2,1-3H3,(H,13,14). The average molecular weight is 230 g/mol. The van der Waals surface area contributed by atoms with Crippen LogP contribution in [0.4, 0.5) is 0 Å². The third kappa shape index (κ3) is 2.74. The molecule has 4 nitrogen and oxygen atoms in total. The van der Waals surface area contributed by atoms with Crippen LogP contribution >= 0.6 is 0 Å². The molecule has 1 heterocycles. The Morgan fingerprint density at radius 3 is 2.62 bits per heavy atom. The summed E-state index contributed by atoms with van der Waals surface area (Å²) in [7, 11) is 1.64. The van der Waals surface area contributed by atoms with Gasteiger partial charge in [0.25, 0.3) is 0 Å². The molecule has 0 aromatic heterocycles. The number of ether oxygens (including phenoxy) is 2. The van der Waals surface area contributed by atoms with Gasteiger partial charge in [-0.1, -0.05) is 13.8 Å². The van der Waals surface area contributed by atoms with Crippen molar-refractivity contribution in [2.24, 2.45) is 5.41 Å². The molecule has 1 unspecified atom stereocenters. The van der Waals surface area contributed by atoms with Gasteiger partial charge >= 0.3 is 5.97 Å². The number of carbonyl (C=O) groups is 1. The van der Waals surface area contributed by atoms with Gasteiger partial charge in [-0.2, -0.15) is 0 Å². The summed E-state index contributed by atoms with van der Waals surface area (Å²) in [6.07, 6.45) is 3.11. The maximum absolute atomic E-state index is 10.9. The van der Waals surface area contributed by atoms with Crippen LogP contribution in [0.3, 0.4) is 0 Å². The van der Waals surface area contributed by atoms with Crippen molar-refractivity contribution in [1.29, 1.82) is 0 Å². The zero-order valence-corrected chi connectivity index (χ0v) is 10.4. The summed E-state index contributed by atoms with van der Waals surface area (Å²) in [5.41, 5.74) is -0.854. The third-order valence-corrected chi connectivity index (χ3v) is 3.56. The highest BCUT2D eigenvalue weighted by atomic mass is 16.5. The molecule has 1 aliphatic rings. The Hall–Kier alpha value is -0.610. The Kier molecular flexibility index (Phi) is 4.33. The molecule has 0 bridgehead atoms. The number of hydrogen-bond acceptors (Lipinski definition) is 3. The third-order valence-electron chi connectivity index (χ3n) is 3.56. The average Bonchev–Trinajstić information content (AvgIpc) is 2.17. The lowest BCUT2D eigenvalue weighted by molar-refractivity contribution is -0.186. The molecule has 0 radical (unpaired) electrons. The van der Waals surface area contributed by atoms with Gasteiger partial charge in [-0.15, -0.1) is 0 Å². The Morgan fingerprint density at radius 1 is 1.50 bits per heavy atom. The smallest absolute Gasteiger partial charge is 0.303 e. The molecule has 16 heavy (non-hydrogen) atoms. The zero-order valence-electron chi connectivity index (χ0n) is 10.4. The molecular weight excluding hydrogens is 208 g/mol. The molecule has 1 N–H and O–H groups in total. The van der Waals surface area contributed by atoms with Crippen LogP contribution in [0.2, 0.25) is 0 Å². The molecule has 0 aromatic carbocycles. The highest BCUT2D eigenvalue weighted by molar-refractivity contribution is 5.67. The van der Waals surface area contributed by atoms with E-state index in [4.69, 9.17) is 14.6 Å². The molecule has 1 fully saturated rings. The lowest BCUT2D eigenvalue weighted by Gasteiger charge is -2.47. The summed E-state index contributed by atoms with van der Waals surface area (Å²) >= 11 is 0. The van der Waals surface area contributed by atoms with Crippen molar-refractivity contribution < 1.29 is 19.4 Å². The summed E-state index contributed by atoms with van der Waals surface area (Å²) < 4.78 is 11.1. The Morgan fingerprint density at radius 2 is 2.19 bits per heavy atom. The summed E-state index contributed by atoms with van der Waals surface area (Å²) in [5, 5.41) is 8.97. The van der Waals surface area contributed by atoms with Crippen molar-refractivity contribution in [2.75, 3.05) is 20.3 Å². The first-order chi connectivity index (χ1) is 7.43. The molecule has 94 valence electrons. The Bertz CT molecular complexity index is 236. The van der Waals surface area contributed by atoms with Crippen LogP contribution in [-0.4, -0.2) is 37.0 Å². The molecule has 4 heteroatoms. The van der Waals surface area contributed by atoms with Gasteiger partial charge in [-0.3, -0.25) is 4.79 Å². The second-order valence-electron chi connectivity index (χ2n) is 5.19. The summed E-state index contributed by atoms with van der Waals surface area (Å²) in [6.45, 7) is 5.07. The van der Waals surface area contributed by atoms with Gasteiger partial charge in [0.2, 0.25) is 0 Å². The molecule has 1 saturated heterocycles. The molecule has 0 saturated carbocycles. The van der Waals surface area contributed by atoms with Crippen molar-refractivity contribution >= 4 is 5.97 Å². The first-order valence-corrected chi connectivity index (χ1v) is 5.78. The van der Waals surface area contributed by atoms with Gasteiger partial charge < -0.3 is 14.6 Å². The van der Waals surface area contributed by atoms with Gasteiger partial charge in [-0.25, -0.2) is 0 Å². The summed E-state index contributed by atoms with van der Waals surface area (Å²) in [5.74, 6) is -0.783. The van der Waals surface area contributed by atoms with E-state index in [1.165, 1.54) is 0 Å². The number of methoxy groups -OCH3 is 1. The molecule has 0 spiro atoms. The second kappa shape index (κ2) is 5.15. The van der Waals surface area contributed by atoms with Gasteiger partial charge in [0.15, 0.2) is 0 Å². The molecule has 1 atom stereocenters. The number of carboxylic acid groups (broad SMARTS) is 1. The maximum atomic E-state index is 10.9. The predicted octanol–water partition coefficient (Wildman–Crippen LogP) is 2.07. The molecular formula is C12H22O4. The number of rotatable bonds is 5. The highest BCUT2D eigenvalue weighted by Crippen LogP contribution is 2.43. The Balaban J connectivity index is 2.85. The minimum Gasteiger partial charge on any atom is -0.481 e. The van der Waals surface area contributed by atoms with Crippen LogP contribution in [-0.2, 0) is 14.3 Å². The van der Waals surface area contributed by atoms with Crippen LogP contribution in [0, 0.1) is 5.41 Å². The van der Waals surface area contributed by atoms with Crippen LogP contribution in [0.5, 0.6) is 0 Å². The van der Waals surface area contributed by atoms with Crippen LogP contribution in [0.25, 0.3) is 0 Å². The van der Waals surface area contributed by atoms with Crippen molar-refractivity contribution in [2.45, 2.75) is 45.1 Å². The number of hydrogen-bond donors (Lipinski definition) is 1. The van der Waals surface area contributed by atoms with E-state index in [1.54, 1.807) is 7.11 Å². The summed E-state index contributed by atoms with van der Waals surface area (Å²) in [6, 6.07) is 0. The fraction of sp³-hybridized carbons (Fsp3) is 0.917. The Labute approximate surface area is 96.9 Å². The molecule has 1 rings (SSSR count). The molecule has 0 aromatic rings. The molecule has 0 aliphatic carbocycles. The van der Waals surface area contributed by atoms with Gasteiger partial charge in [0, 0.05) is 19.1 Å². The summed E-state index contributed by atoms with van der Waals surface area (Å²) in [4.78, 5) is 10.9. The van der Waals surface area contributed by atoms with Crippen LogP contribution < -0.4 is 0 Å². The van der Waals surface area contributed by atoms with E-state index < -0.39 is 17.0 Å². The van der Waals surface area contributed by atoms with E-state index in [0.717, 1.165) is 19.3 Å².